The van der Waals surface area contributed by atoms with Crippen molar-refractivity contribution in [1.82, 2.24) is 19.6 Å². The number of aromatic nitrogens is 4. The molecule has 21 heavy (non-hydrogen) atoms. The quantitative estimate of drug-likeness (QED) is 0.743. The second-order valence-electron chi connectivity index (χ2n) is 4.38. The number of nitrogens with zero attached hydrogens (tertiary/aromatic N) is 4. The highest BCUT2D eigenvalue weighted by molar-refractivity contribution is 8.00. The van der Waals surface area contributed by atoms with E-state index in [0.717, 1.165) is 20.7 Å². The van der Waals surface area contributed by atoms with Crippen molar-refractivity contribution in [2.45, 2.75) is 17.0 Å². The SMILES string of the molecule is CNc1nnc(SCc2cc(=O)n3cccc(C)c3n2)s1. The largest absolute Gasteiger partial charge is 0.363 e. The molecule has 0 fully saturated rings. The van der Waals surface area contributed by atoms with E-state index in [2.05, 4.69) is 20.5 Å². The molecule has 3 aromatic rings. The fourth-order valence-electron chi connectivity index (χ4n) is 1.89. The number of fused-ring (bicyclic) bond motifs is 1. The number of hydrogen-bond acceptors (Lipinski definition) is 7. The summed E-state index contributed by atoms with van der Waals surface area (Å²) < 4.78 is 2.42. The third-order valence-corrected chi connectivity index (χ3v) is 5.01. The van der Waals surface area contributed by atoms with Gasteiger partial charge in [0, 0.05) is 25.1 Å². The highest BCUT2D eigenvalue weighted by Crippen LogP contribution is 2.27. The van der Waals surface area contributed by atoms with Gasteiger partial charge in [-0.3, -0.25) is 9.20 Å². The number of nitrogens with one attached hydrogen (secondary N) is 1. The van der Waals surface area contributed by atoms with Gasteiger partial charge in [-0.2, -0.15) is 0 Å². The Balaban J connectivity index is 1.87. The molecule has 0 bridgehead atoms. The summed E-state index contributed by atoms with van der Waals surface area (Å²) in [6.07, 6.45) is 1.73. The van der Waals surface area contributed by atoms with Crippen molar-refractivity contribution in [2.24, 2.45) is 0 Å². The van der Waals surface area contributed by atoms with Crippen LogP contribution in [0.5, 0.6) is 0 Å². The molecule has 0 aliphatic carbocycles. The summed E-state index contributed by atoms with van der Waals surface area (Å²) in [5.74, 6) is 0.596. The van der Waals surface area contributed by atoms with Gasteiger partial charge in [-0.1, -0.05) is 29.2 Å². The molecule has 0 aliphatic rings. The van der Waals surface area contributed by atoms with E-state index in [1.807, 2.05) is 26.1 Å². The standard InChI is InChI=1S/C13H13N5OS2/c1-8-4-3-5-18-10(19)6-9(15-11(8)18)7-20-13-17-16-12(14-2)21-13/h3-6H,7H2,1-2H3,(H,14,16). The predicted octanol–water partition coefficient (Wildman–Crippen LogP) is 2.19. The van der Waals surface area contributed by atoms with E-state index >= 15 is 0 Å². The number of pyridine rings is 1. The monoisotopic (exact) mass is 319 g/mol. The first-order valence-electron chi connectivity index (χ1n) is 6.29. The van der Waals surface area contributed by atoms with Gasteiger partial charge in [0.05, 0.1) is 5.69 Å². The first-order valence-corrected chi connectivity index (χ1v) is 8.09. The minimum atomic E-state index is -0.0625. The zero-order chi connectivity index (χ0) is 14.8. The lowest BCUT2D eigenvalue weighted by Crippen LogP contribution is -2.15. The van der Waals surface area contributed by atoms with E-state index < -0.39 is 0 Å². The summed E-state index contributed by atoms with van der Waals surface area (Å²) in [6, 6.07) is 5.36. The van der Waals surface area contributed by atoms with Gasteiger partial charge in [-0.25, -0.2) is 4.98 Å². The zero-order valence-electron chi connectivity index (χ0n) is 11.5. The van der Waals surface area contributed by atoms with E-state index in [9.17, 15) is 4.79 Å². The van der Waals surface area contributed by atoms with Crippen LogP contribution in [0.4, 0.5) is 5.13 Å². The van der Waals surface area contributed by atoms with Crippen LogP contribution in [0.1, 0.15) is 11.3 Å². The highest BCUT2D eigenvalue weighted by atomic mass is 32.2. The van der Waals surface area contributed by atoms with Crippen LogP contribution in [-0.4, -0.2) is 26.6 Å². The summed E-state index contributed by atoms with van der Waals surface area (Å²) in [4.78, 5) is 16.7. The van der Waals surface area contributed by atoms with Gasteiger partial charge in [0.25, 0.3) is 5.56 Å². The summed E-state index contributed by atoms with van der Waals surface area (Å²) in [6.45, 7) is 1.95. The Labute approximate surface area is 129 Å². The summed E-state index contributed by atoms with van der Waals surface area (Å²) >= 11 is 3.01. The molecular formula is C13H13N5OS2. The van der Waals surface area contributed by atoms with Gasteiger partial charge >= 0.3 is 0 Å². The molecule has 108 valence electrons. The molecule has 8 heteroatoms. The molecule has 0 spiro atoms. The summed E-state index contributed by atoms with van der Waals surface area (Å²) in [7, 11) is 1.81. The number of thioether (sulfide) groups is 1. The summed E-state index contributed by atoms with van der Waals surface area (Å²) in [5.41, 5.74) is 2.37. The van der Waals surface area contributed by atoms with E-state index in [-0.39, 0.29) is 5.56 Å². The van der Waals surface area contributed by atoms with Crippen LogP contribution in [0.15, 0.2) is 33.5 Å². The maximum atomic E-state index is 12.1. The van der Waals surface area contributed by atoms with Gasteiger partial charge in [0.15, 0.2) is 4.34 Å². The molecule has 0 atom stereocenters. The molecule has 0 radical (unpaired) electrons. The Hall–Kier alpha value is -1.93. The van der Waals surface area contributed by atoms with Crippen LogP contribution in [0.25, 0.3) is 5.65 Å². The fourth-order valence-corrected chi connectivity index (χ4v) is 3.49. The van der Waals surface area contributed by atoms with Gasteiger partial charge < -0.3 is 5.32 Å². The van der Waals surface area contributed by atoms with Gasteiger partial charge in [-0.15, -0.1) is 10.2 Å². The van der Waals surface area contributed by atoms with Crippen LogP contribution in [0.2, 0.25) is 0 Å². The molecular weight excluding hydrogens is 306 g/mol. The molecule has 3 heterocycles. The number of anilines is 1. The lowest BCUT2D eigenvalue weighted by molar-refractivity contribution is 0.993. The Kier molecular flexibility index (Phi) is 3.89. The minimum absolute atomic E-state index is 0.0625. The molecule has 1 N–H and O–H groups in total. The molecule has 3 rings (SSSR count). The van der Waals surface area contributed by atoms with Crippen LogP contribution in [0, 0.1) is 6.92 Å². The van der Waals surface area contributed by atoms with Crippen molar-refractivity contribution in [3.8, 4) is 0 Å². The van der Waals surface area contributed by atoms with E-state index in [1.54, 1.807) is 16.7 Å². The lowest BCUT2D eigenvalue weighted by atomic mass is 10.3. The number of aryl methyl sites for hydroxylation is 1. The first kappa shape index (κ1) is 14.0. The van der Waals surface area contributed by atoms with Gasteiger partial charge in [0.1, 0.15) is 5.65 Å². The number of hydrogen-bond donors (Lipinski definition) is 1. The molecule has 0 saturated carbocycles. The van der Waals surface area contributed by atoms with Gasteiger partial charge in [0.2, 0.25) is 5.13 Å². The Bertz CT molecular complexity index is 842. The normalized spacial score (nSPS) is 11.0. The minimum Gasteiger partial charge on any atom is -0.363 e. The van der Waals surface area contributed by atoms with Crippen molar-refractivity contribution >= 4 is 33.9 Å². The fraction of sp³-hybridized carbons (Fsp3) is 0.231. The van der Waals surface area contributed by atoms with Crippen LogP contribution in [0.3, 0.4) is 0 Å². The molecule has 0 unspecified atom stereocenters. The lowest BCUT2D eigenvalue weighted by Gasteiger charge is -2.05. The van der Waals surface area contributed by atoms with E-state index in [0.29, 0.717) is 11.4 Å². The van der Waals surface area contributed by atoms with Crippen molar-refractivity contribution in [1.29, 1.82) is 0 Å². The molecule has 6 nitrogen and oxygen atoms in total. The molecule has 0 aliphatic heterocycles. The topological polar surface area (TPSA) is 72.2 Å². The maximum absolute atomic E-state index is 12.1. The van der Waals surface area contributed by atoms with Crippen molar-refractivity contribution in [2.75, 3.05) is 12.4 Å². The third-order valence-electron chi connectivity index (χ3n) is 2.90. The van der Waals surface area contributed by atoms with Gasteiger partial charge in [-0.05, 0) is 18.6 Å². The second-order valence-corrected chi connectivity index (χ2v) is 6.58. The average molecular weight is 319 g/mol. The smallest absolute Gasteiger partial charge is 0.258 e. The Morgan fingerprint density at radius 1 is 1.43 bits per heavy atom. The van der Waals surface area contributed by atoms with Crippen molar-refractivity contribution < 1.29 is 0 Å². The van der Waals surface area contributed by atoms with Crippen LogP contribution >= 0.6 is 23.1 Å². The van der Waals surface area contributed by atoms with E-state index in [4.69, 9.17) is 0 Å². The predicted molar refractivity (Wildman–Crippen MR) is 85.2 cm³/mol. The molecule has 0 aromatic carbocycles. The molecule has 0 saturated heterocycles. The van der Waals surface area contributed by atoms with Crippen LogP contribution < -0.4 is 10.9 Å². The highest BCUT2D eigenvalue weighted by Gasteiger charge is 2.07. The first-order chi connectivity index (χ1) is 10.2. The van der Waals surface area contributed by atoms with Crippen molar-refractivity contribution in [3.05, 3.63) is 46.0 Å². The number of rotatable bonds is 4. The molecule has 3 aromatic heterocycles. The molecule has 0 amide bonds. The maximum Gasteiger partial charge on any atom is 0.258 e. The van der Waals surface area contributed by atoms with Crippen molar-refractivity contribution in [3.63, 3.8) is 0 Å². The van der Waals surface area contributed by atoms with Crippen LogP contribution in [-0.2, 0) is 5.75 Å². The summed E-state index contributed by atoms with van der Waals surface area (Å²) in [5, 5.41) is 11.8. The Morgan fingerprint density at radius 3 is 3.05 bits per heavy atom. The van der Waals surface area contributed by atoms with E-state index in [1.165, 1.54) is 23.1 Å². The average Bonchev–Trinajstić information content (AvgIpc) is 2.94. The zero-order valence-corrected chi connectivity index (χ0v) is 13.2. The Morgan fingerprint density at radius 2 is 2.29 bits per heavy atom. The second kappa shape index (κ2) is 5.82. The third kappa shape index (κ3) is 2.91.